The molecule has 0 atom stereocenters. The third-order valence-corrected chi connectivity index (χ3v) is 5.65. The summed E-state index contributed by atoms with van der Waals surface area (Å²) in [5.41, 5.74) is 2.60. The van der Waals surface area contributed by atoms with Crippen molar-refractivity contribution in [1.29, 1.82) is 0 Å². The number of methoxy groups -OCH3 is 1. The van der Waals surface area contributed by atoms with Gasteiger partial charge in [-0.05, 0) is 67.1 Å². The summed E-state index contributed by atoms with van der Waals surface area (Å²) in [5, 5.41) is 2.71. The van der Waals surface area contributed by atoms with Crippen molar-refractivity contribution in [2.75, 3.05) is 7.11 Å². The van der Waals surface area contributed by atoms with E-state index in [4.69, 9.17) is 4.74 Å². The molecule has 0 aliphatic heterocycles. The molecule has 1 aromatic heterocycles. The van der Waals surface area contributed by atoms with Gasteiger partial charge in [-0.3, -0.25) is 4.79 Å². The minimum Gasteiger partial charge on any atom is -0.497 e. The first-order valence-electron chi connectivity index (χ1n) is 10.7. The second-order valence-corrected chi connectivity index (χ2v) is 7.95. The van der Waals surface area contributed by atoms with E-state index in [1.54, 1.807) is 38.3 Å². The molecule has 3 aromatic carbocycles. The molecule has 180 valence electrons. The van der Waals surface area contributed by atoms with Crippen molar-refractivity contribution in [1.82, 2.24) is 9.88 Å². The minimum atomic E-state index is -4.46. The molecule has 1 N–H and O–H groups in total. The maximum atomic E-state index is 13.6. The van der Waals surface area contributed by atoms with E-state index in [-0.39, 0.29) is 12.4 Å². The van der Waals surface area contributed by atoms with E-state index in [0.717, 1.165) is 17.7 Å². The molecule has 0 aliphatic carbocycles. The molecule has 1 amide bonds. The standard InChI is InChI=1S/C27H22F4N2O2/c1-17-24(26(34)32-16-18-5-3-7-20(13-18)27(29,30)31)15-25(19-6-4-8-23(14-19)35-2)33(17)22-11-9-21(28)10-12-22/h3-15H,16H2,1-2H3,(H,32,34). The number of benzene rings is 3. The van der Waals surface area contributed by atoms with Gasteiger partial charge in [0.1, 0.15) is 11.6 Å². The summed E-state index contributed by atoms with van der Waals surface area (Å²) >= 11 is 0. The van der Waals surface area contributed by atoms with Gasteiger partial charge in [-0.25, -0.2) is 4.39 Å². The summed E-state index contributed by atoms with van der Waals surface area (Å²) < 4.78 is 59.7. The van der Waals surface area contributed by atoms with Gasteiger partial charge in [0, 0.05) is 23.5 Å². The van der Waals surface area contributed by atoms with Crippen molar-refractivity contribution >= 4 is 5.91 Å². The monoisotopic (exact) mass is 482 g/mol. The molecule has 0 unspecified atom stereocenters. The van der Waals surface area contributed by atoms with Crippen molar-refractivity contribution in [3.8, 4) is 22.7 Å². The van der Waals surface area contributed by atoms with Gasteiger partial charge in [0.05, 0.1) is 23.9 Å². The Labute approximate surface area is 199 Å². The predicted octanol–water partition coefficient (Wildman–Crippen LogP) is 6.55. The summed E-state index contributed by atoms with van der Waals surface area (Å²) in [6.45, 7) is 1.69. The van der Waals surface area contributed by atoms with Gasteiger partial charge < -0.3 is 14.6 Å². The molecule has 0 saturated carbocycles. The van der Waals surface area contributed by atoms with Gasteiger partial charge in [0.25, 0.3) is 5.91 Å². The van der Waals surface area contributed by atoms with Crippen molar-refractivity contribution in [2.24, 2.45) is 0 Å². The number of nitrogens with one attached hydrogen (secondary N) is 1. The molecule has 0 saturated heterocycles. The Balaban J connectivity index is 1.70. The molecule has 0 spiro atoms. The zero-order valence-electron chi connectivity index (χ0n) is 19.0. The maximum Gasteiger partial charge on any atom is 0.416 e. The predicted molar refractivity (Wildman–Crippen MR) is 125 cm³/mol. The van der Waals surface area contributed by atoms with Gasteiger partial charge in [0.15, 0.2) is 0 Å². The molecule has 0 fully saturated rings. The van der Waals surface area contributed by atoms with Crippen molar-refractivity contribution in [3.05, 3.63) is 107 Å². The highest BCUT2D eigenvalue weighted by molar-refractivity contribution is 5.97. The Bertz CT molecular complexity index is 1360. The number of carbonyl (C=O) groups excluding carboxylic acids is 1. The lowest BCUT2D eigenvalue weighted by molar-refractivity contribution is -0.137. The zero-order chi connectivity index (χ0) is 25.2. The first-order chi connectivity index (χ1) is 16.7. The number of carbonyl (C=O) groups is 1. The summed E-state index contributed by atoms with van der Waals surface area (Å²) in [6, 6.07) is 19.7. The molecule has 0 aliphatic rings. The van der Waals surface area contributed by atoms with Crippen LogP contribution in [0.2, 0.25) is 0 Å². The van der Waals surface area contributed by atoms with Crippen molar-refractivity contribution in [3.63, 3.8) is 0 Å². The second kappa shape index (κ2) is 9.66. The molecule has 35 heavy (non-hydrogen) atoms. The summed E-state index contributed by atoms with van der Waals surface area (Å²) in [7, 11) is 1.55. The number of hydrogen-bond acceptors (Lipinski definition) is 2. The van der Waals surface area contributed by atoms with Gasteiger partial charge >= 0.3 is 6.18 Å². The summed E-state index contributed by atoms with van der Waals surface area (Å²) in [6.07, 6.45) is -4.46. The number of aromatic nitrogens is 1. The number of rotatable bonds is 6. The van der Waals surface area contributed by atoms with Crippen LogP contribution in [-0.2, 0) is 12.7 Å². The Morgan fingerprint density at radius 3 is 2.37 bits per heavy atom. The Morgan fingerprint density at radius 2 is 1.69 bits per heavy atom. The number of amides is 1. The molecule has 4 rings (SSSR count). The van der Waals surface area contributed by atoms with E-state index < -0.39 is 17.6 Å². The van der Waals surface area contributed by atoms with Gasteiger partial charge in [-0.1, -0.05) is 24.3 Å². The van der Waals surface area contributed by atoms with E-state index >= 15 is 0 Å². The zero-order valence-corrected chi connectivity index (χ0v) is 19.0. The van der Waals surface area contributed by atoms with Crippen LogP contribution in [0.4, 0.5) is 17.6 Å². The lowest BCUT2D eigenvalue weighted by Crippen LogP contribution is -2.23. The third kappa shape index (κ3) is 5.21. The number of nitrogens with zero attached hydrogens (tertiary/aromatic N) is 1. The topological polar surface area (TPSA) is 43.3 Å². The van der Waals surface area contributed by atoms with Crippen molar-refractivity contribution < 1.29 is 27.1 Å². The number of ether oxygens (including phenoxy) is 1. The lowest BCUT2D eigenvalue weighted by Gasteiger charge is -2.13. The quantitative estimate of drug-likeness (QED) is 0.317. The van der Waals surface area contributed by atoms with Gasteiger partial charge in [-0.15, -0.1) is 0 Å². The van der Waals surface area contributed by atoms with Crippen LogP contribution in [0.5, 0.6) is 5.75 Å². The fourth-order valence-electron chi connectivity index (χ4n) is 3.89. The molecule has 0 radical (unpaired) electrons. The largest absolute Gasteiger partial charge is 0.497 e. The van der Waals surface area contributed by atoms with Gasteiger partial charge in [-0.2, -0.15) is 13.2 Å². The van der Waals surface area contributed by atoms with E-state index in [2.05, 4.69) is 5.32 Å². The molecular formula is C27H22F4N2O2. The molecule has 0 bridgehead atoms. The molecular weight excluding hydrogens is 460 g/mol. The molecule has 4 nitrogen and oxygen atoms in total. The highest BCUT2D eigenvalue weighted by Gasteiger charge is 2.30. The van der Waals surface area contributed by atoms with Gasteiger partial charge in [0.2, 0.25) is 0 Å². The van der Waals surface area contributed by atoms with Crippen LogP contribution in [0.15, 0.2) is 78.9 Å². The minimum absolute atomic E-state index is 0.0710. The highest BCUT2D eigenvalue weighted by atomic mass is 19.4. The van der Waals surface area contributed by atoms with E-state index in [1.807, 2.05) is 22.8 Å². The van der Waals surface area contributed by atoms with Crippen LogP contribution in [0.25, 0.3) is 16.9 Å². The fourth-order valence-corrected chi connectivity index (χ4v) is 3.89. The third-order valence-electron chi connectivity index (χ3n) is 5.65. The van der Waals surface area contributed by atoms with Crippen LogP contribution >= 0.6 is 0 Å². The summed E-state index contributed by atoms with van der Waals surface area (Å²) in [4.78, 5) is 13.1. The Kier molecular flexibility index (Phi) is 6.64. The first kappa shape index (κ1) is 24.1. The van der Waals surface area contributed by atoms with Crippen LogP contribution < -0.4 is 10.1 Å². The molecule has 8 heteroatoms. The van der Waals surface area contributed by atoms with Crippen LogP contribution in [0.3, 0.4) is 0 Å². The average Bonchev–Trinajstić information content (AvgIpc) is 3.20. The summed E-state index contributed by atoms with van der Waals surface area (Å²) in [5.74, 6) is -0.201. The first-order valence-corrected chi connectivity index (χ1v) is 10.7. The number of alkyl halides is 3. The van der Waals surface area contributed by atoms with Crippen LogP contribution in [0, 0.1) is 12.7 Å². The lowest BCUT2D eigenvalue weighted by atomic mass is 10.1. The fraction of sp³-hybridized carbons (Fsp3) is 0.148. The average molecular weight is 482 g/mol. The van der Waals surface area contributed by atoms with Crippen LogP contribution in [0.1, 0.15) is 27.2 Å². The highest BCUT2D eigenvalue weighted by Crippen LogP contribution is 2.32. The second-order valence-electron chi connectivity index (χ2n) is 7.95. The normalized spacial score (nSPS) is 11.4. The van der Waals surface area contributed by atoms with E-state index in [1.165, 1.54) is 24.3 Å². The van der Waals surface area contributed by atoms with E-state index in [0.29, 0.717) is 34.0 Å². The number of halogens is 4. The molecule has 4 aromatic rings. The Hall–Kier alpha value is -4.07. The van der Waals surface area contributed by atoms with Crippen LogP contribution in [-0.4, -0.2) is 17.6 Å². The maximum absolute atomic E-state index is 13.6. The number of hydrogen-bond donors (Lipinski definition) is 1. The van der Waals surface area contributed by atoms with Crippen molar-refractivity contribution in [2.45, 2.75) is 19.6 Å². The SMILES string of the molecule is COc1cccc(-c2cc(C(=O)NCc3cccc(C(F)(F)F)c3)c(C)n2-c2ccc(F)cc2)c1. The smallest absolute Gasteiger partial charge is 0.416 e. The molecule has 1 heterocycles. The Morgan fingerprint density at radius 1 is 0.971 bits per heavy atom. The van der Waals surface area contributed by atoms with E-state index in [9.17, 15) is 22.4 Å².